The van der Waals surface area contributed by atoms with Gasteiger partial charge in [0.2, 0.25) is 0 Å². The lowest BCUT2D eigenvalue weighted by atomic mass is 9.99. The first-order valence-electron chi connectivity index (χ1n) is 8.72. The first-order chi connectivity index (χ1) is 13.6. The molecule has 1 aliphatic rings. The zero-order valence-corrected chi connectivity index (χ0v) is 15.0. The molecule has 3 rings (SSSR count). The number of pyridine rings is 1. The molecule has 2 aromatic rings. The summed E-state index contributed by atoms with van der Waals surface area (Å²) in [5.41, 5.74) is -3.89. The fraction of sp³-hybridized carbons (Fsp3) is 0.389. The average molecular weight is 420 g/mol. The Morgan fingerprint density at radius 3 is 2.41 bits per heavy atom. The SMILES string of the molecule is OC(CNCC=C1NCCN1)c1cc(C(F)(F)F)nc2c(C(F)(F)F)cccc12. The van der Waals surface area contributed by atoms with Gasteiger partial charge in [-0.15, -0.1) is 0 Å². The number of fused-ring (bicyclic) bond motifs is 1. The van der Waals surface area contributed by atoms with Crippen LogP contribution in [-0.4, -0.2) is 36.3 Å². The van der Waals surface area contributed by atoms with Crippen LogP contribution in [0.2, 0.25) is 0 Å². The molecule has 0 radical (unpaired) electrons. The predicted octanol–water partition coefficient (Wildman–Crippen LogP) is 2.93. The number of aliphatic hydroxyl groups excluding tert-OH is 1. The lowest BCUT2D eigenvalue weighted by Crippen LogP contribution is -2.24. The maximum absolute atomic E-state index is 13.3. The Balaban J connectivity index is 1.93. The molecular weight excluding hydrogens is 402 g/mol. The van der Waals surface area contributed by atoms with Crippen molar-refractivity contribution in [2.45, 2.75) is 18.5 Å². The van der Waals surface area contributed by atoms with Crippen LogP contribution in [-0.2, 0) is 12.4 Å². The van der Waals surface area contributed by atoms with Crippen molar-refractivity contribution in [1.29, 1.82) is 0 Å². The number of nitrogens with one attached hydrogen (secondary N) is 3. The monoisotopic (exact) mass is 420 g/mol. The third-order valence-corrected chi connectivity index (χ3v) is 4.37. The Morgan fingerprint density at radius 1 is 1.10 bits per heavy atom. The lowest BCUT2D eigenvalue weighted by molar-refractivity contribution is -0.142. The van der Waals surface area contributed by atoms with Crippen LogP contribution in [0.25, 0.3) is 10.9 Å². The summed E-state index contributed by atoms with van der Waals surface area (Å²) in [6.07, 6.45) is -9.55. The minimum atomic E-state index is -4.96. The molecule has 1 saturated heterocycles. The molecule has 11 heteroatoms. The largest absolute Gasteiger partial charge is 0.433 e. The standard InChI is InChI=1S/C18H18F6N4O/c19-17(20,21)12-3-1-2-10-11(8-14(18(22,23)24)28-16(10)12)13(29)9-25-5-4-15-26-6-7-27-15/h1-4,8,13,25-27,29H,5-7,9H2. The van der Waals surface area contributed by atoms with E-state index in [0.29, 0.717) is 18.7 Å². The molecule has 0 amide bonds. The summed E-state index contributed by atoms with van der Waals surface area (Å²) in [5, 5.41) is 19.2. The maximum atomic E-state index is 13.3. The predicted molar refractivity (Wildman–Crippen MR) is 93.7 cm³/mol. The minimum absolute atomic E-state index is 0.156. The Kier molecular flexibility index (Phi) is 5.90. The number of rotatable bonds is 5. The number of hydrogen-bond donors (Lipinski definition) is 4. The van der Waals surface area contributed by atoms with Crippen molar-refractivity contribution in [2.24, 2.45) is 0 Å². The van der Waals surface area contributed by atoms with Crippen LogP contribution >= 0.6 is 0 Å². The van der Waals surface area contributed by atoms with Crippen LogP contribution in [0.4, 0.5) is 26.3 Å². The van der Waals surface area contributed by atoms with Gasteiger partial charge in [-0.1, -0.05) is 12.1 Å². The van der Waals surface area contributed by atoms with E-state index in [-0.39, 0.29) is 17.5 Å². The number of aromatic nitrogens is 1. The number of aliphatic hydroxyl groups is 1. The van der Waals surface area contributed by atoms with Gasteiger partial charge < -0.3 is 21.1 Å². The van der Waals surface area contributed by atoms with Crippen LogP contribution in [0.15, 0.2) is 36.2 Å². The quantitative estimate of drug-likeness (QED) is 0.443. The molecule has 4 N–H and O–H groups in total. The van der Waals surface area contributed by atoms with E-state index in [4.69, 9.17) is 0 Å². The van der Waals surface area contributed by atoms with E-state index in [0.717, 1.165) is 25.0 Å². The molecule has 1 unspecified atom stereocenters. The van der Waals surface area contributed by atoms with Crippen LogP contribution in [0, 0.1) is 0 Å². The fourth-order valence-corrected chi connectivity index (χ4v) is 3.03. The summed E-state index contributed by atoms with van der Waals surface area (Å²) in [6, 6.07) is 3.54. The van der Waals surface area contributed by atoms with Crippen molar-refractivity contribution in [3.63, 3.8) is 0 Å². The molecule has 5 nitrogen and oxygen atoms in total. The van der Waals surface area contributed by atoms with Crippen LogP contribution in [0.1, 0.15) is 22.9 Å². The second-order valence-electron chi connectivity index (χ2n) is 6.44. The molecule has 1 aromatic heterocycles. The molecule has 1 atom stereocenters. The number of halogens is 6. The van der Waals surface area contributed by atoms with E-state index in [1.807, 2.05) is 0 Å². The molecule has 2 heterocycles. The molecule has 0 bridgehead atoms. The Hall–Kier alpha value is -2.53. The molecule has 0 aliphatic carbocycles. The number of alkyl halides is 6. The van der Waals surface area contributed by atoms with Gasteiger partial charge >= 0.3 is 12.4 Å². The van der Waals surface area contributed by atoms with Crippen molar-refractivity contribution in [2.75, 3.05) is 26.2 Å². The van der Waals surface area contributed by atoms with E-state index in [1.165, 1.54) is 6.07 Å². The molecular formula is C18H18F6N4O. The van der Waals surface area contributed by atoms with E-state index >= 15 is 0 Å². The first kappa shape index (κ1) is 21.2. The number of nitrogens with zero attached hydrogens (tertiary/aromatic N) is 1. The van der Waals surface area contributed by atoms with Gasteiger partial charge in [0.15, 0.2) is 0 Å². The Labute approximate surface area is 161 Å². The average Bonchev–Trinajstić information content (AvgIpc) is 3.15. The van der Waals surface area contributed by atoms with Gasteiger partial charge in [-0.3, -0.25) is 0 Å². The van der Waals surface area contributed by atoms with E-state index in [1.54, 1.807) is 6.08 Å². The van der Waals surface area contributed by atoms with E-state index < -0.39 is 35.2 Å². The Bertz CT molecular complexity index is 902. The normalized spacial score (nSPS) is 15.9. The van der Waals surface area contributed by atoms with Crippen molar-refractivity contribution in [1.82, 2.24) is 20.9 Å². The van der Waals surface area contributed by atoms with Gasteiger partial charge in [0, 0.05) is 31.6 Å². The van der Waals surface area contributed by atoms with Gasteiger partial charge in [-0.2, -0.15) is 26.3 Å². The third kappa shape index (κ3) is 4.91. The van der Waals surface area contributed by atoms with E-state index in [2.05, 4.69) is 20.9 Å². The van der Waals surface area contributed by atoms with Gasteiger partial charge in [0.1, 0.15) is 5.69 Å². The summed E-state index contributed by atoms with van der Waals surface area (Å²) < 4.78 is 79.4. The highest BCUT2D eigenvalue weighted by atomic mass is 19.4. The molecule has 158 valence electrons. The minimum Gasteiger partial charge on any atom is -0.387 e. The summed E-state index contributed by atoms with van der Waals surface area (Å²) >= 11 is 0. The zero-order valence-electron chi connectivity index (χ0n) is 15.0. The number of hydrogen-bond acceptors (Lipinski definition) is 5. The Morgan fingerprint density at radius 2 is 1.79 bits per heavy atom. The molecule has 0 spiro atoms. The lowest BCUT2D eigenvalue weighted by Gasteiger charge is -2.18. The highest BCUT2D eigenvalue weighted by Crippen LogP contribution is 2.38. The highest BCUT2D eigenvalue weighted by molar-refractivity contribution is 5.86. The van der Waals surface area contributed by atoms with Crippen molar-refractivity contribution < 1.29 is 31.4 Å². The van der Waals surface area contributed by atoms with Gasteiger partial charge in [0.25, 0.3) is 0 Å². The summed E-state index contributed by atoms with van der Waals surface area (Å²) in [7, 11) is 0. The summed E-state index contributed by atoms with van der Waals surface area (Å²) in [4.78, 5) is 3.20. The molecule has 0 saturated carbocycles. The van der Waals surface area contributed by atoms with Crippen molar-refractivity contribution in [3.8, 4) is 0 Å². The maximum Gasteiger partial charge on any atom is 0.433 e. The van der Waals surface area contributed by atoms with E-state index in [9.17, 15) is 31.4 Å². The third-order valence-electron chi connectivity index (χ3n) is 4.37. The van der Waals surface area contributed by atoms with Crippen molar-refractivity contribution >= 4 is 10.9 Å². The number of para-hydroxylation sites is 1. The molecule has 1 fully saturated rings. The number of benzene rings is 1. The highest BCUT2D eigenvalue weighted by Gasteiger charge is 2.37. The molecule has 1 aliphatic heterocycles. The van der Waals surface area contributed by atoms with Crippen LogP contribution in [0.5, 0.6) is 0 Å². The van der Waals surface area contributed by atoms with Crippen LogP contribution in [0.3, 0.4) is 0 Å². The first-order valence-corrected chi connectivity index (χ1v) is 8.72. The molecule has 1 aromatic carbocycles. The van der Waals surface area contributed by atoms with Gasteiger partial charge in [0.05, 0.1) is 23.0 Å². The van der Waals surface area contributed by atoms with Crippen molar-refractivity contribution in [3.05, 3.63) is 53.0 Å². The second kappa shape index (κ2) is 8.07. The zero-order chi connectivity index (χ0) is 21.2. The topological polar surface area (TPSA) is 69.2 Å². The van der Waals surface area contributed by atoms with Gasteiger partial charge in [-0.05, 0) is 23.8 Å². The van der Waals surface area contributed by atoms with Gasteiger partial charge in [-0.25, -0.2) is 4.98 Å². The smallest absolute Gasteiger partial charge is 0.387 e. The van der Waals surface area contributed by atoms with Crippen LogP contribution < -0.4 is 16.0 Å². The fourth-order valence-electron chi connectivity index (χ4n) is 3.03. The second-order valence-corrected chi connectivity index (χ2v) is 6.44. The molecule has 29 heavy (non-hydrogen) atoms. The summed E-state index contributed by atoms with van der Waals surface area (Å²) in [6.45, 7) is 1.67. The summed E-state index contributed by atoms with van der Waals surface area (Å²) in [5.74, 6) is 0.788.